The first-order chi connectivity index (χ1) is 13.0. The van der Waals surface area contributed by atoms with Crippen molar-refractivity contribution < 1.29 is 4.39 Å². The zero-order valence-electron chi connectivity index (χ0n) is 16.6. The number of nitrogens with one attached hydrogen (secondary N) is 1. The lowest BCUT2D eigenvalue weighted by Crippen LogP contribution is -2.61. The maximum Gasteiger partial charge on any atom is 0.103 e. The number of allylic oxidation sites excluding steroid dienone is 3. The van der Waals surface area contributed by atoms with Gasteiger partial charge in [0.15, 0.2) is 0 Å². The van der Waals surface area contributed by atoms with Gasteiger partial charge in [0.2, 0.25) is 0 Å². The molecule has 2 saturated heterocycles. The number of hydrogen-bond acceptors (Lipinski definition) is 3. The Morgan fingerprint density at radius 2 is 1.89 bits per heavy atom. The first kappa shape index (κ1) is 24.5. The average molecular weight is 418 g/mol. The lowest BCUT2D eigenvalue weighted by Gasteiger charge is -2.47. The highest BCUT2D eigenvalue weighted by molar-refractivity contribution is 6.35. The number of alkyl halides is 2. The van der Waals surface area contributed by atoms with Crippen LogP contribution in [0.2, 0.25) is 0 Å². The van der Waals surface area contributed by atoms with Gasteiger partial charge in [-0.05, 0) is 51.8 Å². The summed E-state index contributed by atoms with van der Waals surface area (Å²) in [6, 6.07) is 0.636. The number of piperidine rings is 1. The molecule has 154 valence electrons. The van der Waals surface area contributed by atoms with Crippen molar-refractivity contribution in [1.29, 1.82) is 0 Å². The van der Waals surface area contributed by atoms with Crippen molar-refractivity contribution in [3.05, 3.63) is 22.8 Å². The standard InChI is InChI=1S/C19H32Cl2FN3.C2H2/c1-15(3-4-17(21)11-20)16(12-23-2)5-8-24-13-19(14-24)25-9-6-18(22)7-10-25;1-2/h3-4,16,18-19,23H,5-14H2,1-2H3;1-2H/b15-3+,17-4+;/t16-;/m1./s1. The van der Waals surface area contributed by atoms with Crippen molar-refractivity contribution in [2.75, 3.05) is 52.2 Å². The summed E-state index contributed by atoms with van der Waals surface area (Å²) in [7, 11) is 2.00. The van der Waals surface area contributed by atoms with E-state index in [1.165, 1.54) is 5.57 Å². The van der Waals surface area contributed by atoms with Crippen LogP contribution in [0.4, 0.5) is 4.39 Å². The van der Waals surface area contributed by atoms with E-state index >= 15 is 0 Å². The molecular weight excluding hydrogens is 384 g/mol. The molecule has 0 aromatic heterocycles. The number of terminal acetylenes is 1. The molecule has 0 bridgehead atoms. The fraction of sp³-hybridized carbons (Fsp3) is 0.714. The van der Waals surface area contributed by atoms with Crippen LogP contribution in [0.5, 0.6) is 0 Å². The maximum atomic E-state index is 13.2. The van der Waals surface area contributed by atoms with Gasteiger partial charge in [0, 0.05) is 43.8 Å². The van der Waals surface area contributed by atoms with E-state index in [-0.39, 0.29) is 0 Å². The SMILES string of the molecule is C#C.CNC[C@@H](CCN1CC(N2CCC(F)CC2)C1)/C(C)=C/C=C(/Cl)CCl. The van der Waals surface area contributed by atoms with Crippen molar-refractivity contribution in [2.24, 2.45) is 5.92 Å². The third kappa shape index (κ3) is 8.54. The molecule has 0 aromatic rings. The van der Waals surface area contributed by atoms with Crippen LogP contribution in [0.25, 0.3) is 0 Å². The lowest BCUT2D eigenvalue weighted by atomic mass is 9.94. The van der Waals surface area contributed by atoms with Gasteiger partial charge in [0.25, 0.3) is 0 Å². The average Bonchev–Trinajstić information content (AvgIpc) is 2.66. The Morgan fingerprint density at radius 3 is 2.44 bits per heavy atom. The van der Waals surface area contributed by atoms with Gasteiger partial charge in [0.1, 0.15) is 6.17 Å². The summed E-state index contributed by atoms with van der Waals surface area (Å²) in [5.74, 6) is 0.860. The molecule has 0 amide bonds. The second-order valence-electron chi connectivity index (χ2n) is 7.33. The Balaban J connectivity index is 0.00000176. The predicted octanol–water partition coefficient (Wildman–Crippen LogP) is 3.89. The number of halogens is 3. The zero-order chi connectivity index (χ0) is 20.2. The zero-order valence-corrected chi connectivity index (χ0v) is 18.2. The van der Waals surface area contributed by atoms with E-state index in [0.717, 1.165) is 45.7 Å². The van der Waals surface area contributed by atoms with Gasteiger partial charge in [0.05, 0.1) is 5.88 Å². The Morgan fingerprint density at radius 1 is 1.26 bits per heavy atom. The van der Waals surface area contributed by atoms with Crippen molar-refractivity contribution in [2.45, 2.75) is 38.4 Å². The molecule has 6 heteroatoms. The van der Waals surface area contributed by atoms with Crippen LogP contribution in [0.1, 0.15) is 26.2 Å². The van der Waals surface area contributed by atoms with Gasteiger partial charge in [-0.25, -0.2) is 4.39 Å². The number of rotatable bonds is 9. The molecule has 2 heterocycles. The van der Waals surface area contributed by atoms with E-state index in [1.807, 2.05) is 13.1 Å². The Labute approximate surface area is 174 Å². The molecule has 2 aliphatic heterocycles. The molecular formula is C21H34Cl2FN3. The smallest absolute Gasteiger partial charge is 0.103 e. The molecule has 2 rings (SSSR count). The van der Waals surface area contributed by atoms with E-state index in [0.29, 0.717) is 35.7 Å². The van der Waals surface area contributed by atoms with Crippen LogP contribution in [0.15, 0.2) is 22.8 Å². The maximum absolute atomic E-state index is 13.2. The lowest BCUT2D eigenvalue weighted by molar-refractivity contribution is 0.00845. The molecule has 0 aromatic carbocycles. The monoisotopic (exact) mass is 417 g/mol. The summed E-state index contributed by atoms with van der Waals surface area (Å²) in [6.45, 7) is 8.36. The molecule has 0 saturated carbocycles. The second kappa shape index (κ2) is 13.6. The summed E-state index contributed by atoms with van der Waals surface area (Å²) < 4.78 is 13.2. The normalized spacial score (nSPS) is 22.0. The second-order valence-corrected chi connectivity index (χ2v) is 8.08. The molecule has 1 atom stereocenters. The molecule has 0 spiro atoms. The van der Waals surface area contributed by atoms with E-state index in [4.69, 9.17) is 23.2 Å². The third-order valence-electron chi connectivity index (χ3n) is 5.46. The molecule has 1 N–H and O–H groups in total. The highest BCUT2D eigenvalue weighted by Gasteiger charge is 2.33. The largest absolute Gasteiger partial charge is 0.319 e. The predicted molar refractivity (Wildman–Crippen MR) is 116 cm³/mol. The highest BCUT2D eigenvalue weighted by atomic mass is 35.5. The molecule has 0 unspecified atom stereocenters. The fourth-order valence-corrected chi connectivity index (χ4v) is 3.82. The van der Waals surface area contributed by atoms with E-state index in [1.54, 1.807) is 0 Å². The van der Waals surface area contributed by atoms with Crippen LogP contribution in [-0.4, -0.2) is 74.2 Å². The van der Waals surface area contributed by atoms with Crippen LogP contribution in [-0.2, 0) is 0 Å². The summed E-state index contributed by atoms with van der Waals surface area (Å²) in [6.07, 6.45) is 14.0. The fourth-order valence-electron chi connectivity index (χ4n) is 3.67. The summed E-state index contributed by atoms with van der Waals surface area (Å²) in [5, 5.41) is 3.96. The van der Waals surface area contributed by atoms with Gasteiger partial charge in [-0.1, -0.05) is 23.3 Å². The minimum Gasteiger partial charge on any atom is -0.319 e. The molecule has 2 aliphatic rings. The molecule has 3 nitrogen and oxygen atoms in total. The summed E-state index contributed by atoms with van der Waals surface area (Å²) in [4.78, 5) is 4.99. The summed E-state index contributed by atoms with van der Waals surface area (Å²) in [5.41, 5.74) is 1.33. The number of nitrogens with zero attached hydrogens (tertiary/aromatic N) is 2. The van der Waals surface area contributed by atoms with E-state index in [2.05, 4.69) is 41.0 Å². The Hall–Kier alpha value is -0.570. The van der Waals surface area contributed by atoms with Gasteiger partial charge in [-0.2, -0.15) is 0 Å². The van der Waals surface area contributed by atoms with Crippen LogP contribution in [0.3, 0.4) is 0 Å². The topological polar surface area (TPSA) is 18.5 Å². The van der Waals surface area contributed by atoms with Gasteiger partial charge < -0.3 is 10.2 Å². The summed E-state index contributed by atoms with van der Waals surface area (Å²) >= 11 is 11.7. The third-order valence-corrected chi connectivity index (χ3v) is 6.14. The molecule has 27 heavy (non-hydrogen) atoms. The van der Waals surface area contributed by atoms with Crippen molar-refractivity contribution in [1.82, 2.24) is 15.1 Å². The van der Waals surface area contributed by atoms with Gasteiger partial charge in [-0.3, -0.25) is 4.90 Å². The van der Waals surface area contributed by atoms with Crippen LogP contribution in [0, 0.1) is 18.8 Å². The highest BCUT2D eigenvalue weighted by Crippen LogP contribution is 2.23. The molecule has 2 fully saturated rings. The first-order valence-electron chi connectivity index (χ1n) is 9.70. The van der Waals surface area contributed by atoms with Crippen molar-refractivity contribution >= 4 is 23.2 Å². The molecule has 0 radical (unpaired) electrons. The van der Waals surface area contributed by atoms with Crippen LogP contribution < -0.4 is 5.32 Å². The van der Waals surface area contributed by atoms with Crippen LogP contribution >= 0.6 is 23.2 Å². The Bertz CT molecular complexity index is 493. The number of likely N-dealkylation sites (tertiary alicyclic amines) is 2. The number of hydrogen-bond donors (Lipinski definition) is 1. The minimum absolute atomic E-state index is 0.358. The Kier molecular flexibility index (Phi) is 12.3. The van der Waals surface area contributed by atoms with Gasteiger partial charge in [-0.15, -0.1) is 24.4 Å². The molecule has 0 aliphatic carbocycles. The van der Waals surface area contributed by atoms with E-state index in [9.17, 15) is 4.39 Å². The minimum atomic E-state index is -0.578. The first-order valence-corrected chi connectivity index (χ1v) is 10.6. The quantitative estimate of drug-likeness (QED) is 0.348. The van der Waals surface area contributed by atoms with Crippen molar-refractivity contribution in [3.63, 3.8) is 0 Å². The van der Waals surface area contributed by atoms with Crippen molar-refractivity contribution in [3.8, 4) is 12.8 Å². The van der Waals surface area contributed by atoms with Gasteiger partial charge >= 0.3 is 0 Å². The van der Waals surface area contributed by atoms with E-state index < -0.39 is 6.17 Å².